The van der Waals surface area contributed by atoms with Crippen LogP contribution in [-0.2, 0) is 0 Å². The lowest BCUT2D eigenvalue weighted by atomic mass is 10.1. The van der Waals surface area contributed by atoms with Gasteiger partial charge < -0.3 is 4.98 Å². The monoisotopic (exact) mass is 448 g/mol. The zero-order valence-corrected chi connectivity index (χ0v) is 18.7. The molecule has 8 heteroatoms. The fourth-order valence-electron chi connectivity index (χ4n) is 3.75. The van der Waals surface area contributed by atoms with Gasteiger partial charge in [-0.3, -0.25) is 14.2 Å². The number of thioether (sulfide) groups is 1. The Kier molecular flexibility index (Phi) is 6.05. The molecule has 0 aliphatic carbocycles. The molecule has 0 saturated heterocycles. The molecule has 4 aromatic rings. The number of rotatable bonds is 7. The number of H-pyrrole nitrogens is 1. The van der Waals surface area contributed by atoms with E-state index in [9.17, 15) is 14.0 Å². The summed E-state index contributed by atoms with van der Waals surface area (Å²) in [6.45, 7) is 5.03. The van der Waals surface area contributed by atoms with E-state index in [1.807, 2.05) is 30.3 Å². The van der Waals surface area contributed by atoms with Crippen molar-refractivity contribution < 1.29 is 14.0 Å². The summed E-state index contributed by atoms with van der Waals surface area (Å²) in [5, 5.41) is 8.93. The number of carbonyl (C=O) groups excluding carboxylic acids is 2. The zero-order chi connectivity index (χ0) is 22.8. The number of Topliss-reactive ketones (excluding diaryl/α,β-unsaturated/α-hetero) is 2. The predicted molar refractivity (Wildman–Crippen MR) is 122 cm³/mol. The van der Waals surface area contributed by atoms with Crippen LogP contribution in [0.3, 0.4) is 0 Å². The molecular formula is C24H21FN4O2S. The second kappa shape index (κ2) is 8.92. The number of hydrogen-bond donors (Lipinski definition) is 1. The number of halogens is 1. The molecule has 6 nitrogen and oxygen atoms in total. The highest BCUT2D eigenvalue weighted by Crippen LogP contribution is 2.30. The molecule has 4 rings (SSSR count). The maximum atomic E-state index is 14.5. The first kappa shape index (κ1) is 21.7. The second-order valence-electron chi connectivity index (χ2n) is 7.35. The maximum absolute atomic E-state index is 14.5. The highest BCUT2D eigenvalue weighted by Gasteiger charge is 2.22. The lowest BCUT2D eigenvalue weighted by Gasteiger charge is -2.10. The Hall–Kier alpha value is -3.52. The number of para-hydroxylation sites is 1. The normalized spacial score (nSPS) is 11.0. The number of aromatic nitrogens is 4. The minimum Gasteiger partial charge on any atom is -0.355 e. The van der Waals surface area contributed by atoms with Crippen LogP contribution in [0.25, 0.3) is 17.1 Å². The van der Waals surface area contributed by atoms with Gasteiger partial charge in [-0.05, 0) is 50.6 Å². The average Bonchev–Trinajstić information content (AvgIpc) is 3.33. The van der Waals surface area contributed by atoms with Crippen LogP contribution in [0, 0.1) is 19.7 Å². The molecule has 0 amide bonds. The Morgan fingerprint density at radius 3 is 2.38 bits per heavy atom. The molecule has 2 aromatic carbocycles. The molecule has 162 valence electrons. The number of aryl methyl sites for hydroxylation is 1. The first-order chi connectivity index (χ1) is 15.4. The summed E-state index contributed by atoms with van der Waals surface area (Å²) in [6, 6.07) is 15.7. The molecule has 2 heterocycles. The summed E-state index contributed by atoms with van der Waals surface area (Å²) in [7, 11) is 0. The summed E-state index contributed by atoms with van der Waals surface area (Å²) in [4.78, 5) is 27.8. The molecule has 32 heavy (non-hydrogen) atoms. The van der Waals surface area contributed by atoms with Crippen molar-refractivity contribution in [2.24, 2.45) is 0 Å². The van der Waals surface area contributed by atoms with Crippen molar-refractivity contribution in [1.82, 2.24) is 19.7 Å². The second-order valence-corrected chi connectivity index (χ2v) is 8.29. The van der Waals surface area contributed by atoms with E-state index >= 15 is 0 Å². The predicted octanol–water partition coefficient (Wildman–Crippen LogP) is 5.20. The molecule has 0 aliphatic rings. The Bertz CT molecular complexity index is 1310. The molecular weight excluding hydrogens is 427 g/mol. The third-order valence-electron chi connectivity index (χ3n) is 5.16. The van der Waals surface area contributed by atoms with E-state index in [1.54, 1.807) is 36.6 Å². The van der Waals surface area contributed by atoms with Gasteiger partial charge in [0.2, 0.25) is 0 Å². The quantitative estimate of drug-likeness (QED) is 0.311. The van der Waals surface area contributed by atoms with Gasteiger partial charge in [0.25, 0.3) is 0 Å². The van der Waals surface area contributed by atoms with Crippen molar-refractivity contribution in [2.45, 2.75) is 25.9 Å². The number of aromatic amines is 1. The third kappa shape index (κ3) is 4.01. The average molecular weight is 449 g/mol. The van der Waals surface area contributed by atoms with Crippen molar-refractivity contribution in [3.8, 4) is 17.1 Å². The maximum Gasteiger partial charge on any atom is 0.196 e. The van der Waals surface area contributed by atoms with Crippen LogP contribution >= 0.6 is 11.8 Å². The van der Waals surface area contributed by atoms with Crippen LogP contribution in [0.2, 0.25) is 0 Å². The standard InChI is InChI=1S/C24H21FN4O2S/c1-14-21(16(3)30)15(2)26-22(14)20(31)13-32-24-28-27-23(18-11-7-8-12-19(18)25)29(24)17-9-5-4-6-10-17/h4-12,26H,13H2,1-3H3. The van der Waals surface area contributed by atoms with Crippen LogP contribution < -0.4 is 0 Å². The van der Waals surface area contributed by atoms with Crippen LogP contribution in [0.15, 0.2) is 59.8 Å². The summed E-state index contributed by atoms with van der Waals surface area (Å²) in [6.07, 6.45) is 0. The van der Waals surface area contributed by atoms with Crippen LogP contribution in [-0.4, -0.2) is 37.1 Å². The van der Waals surface area contributed by atoms with Crippen molar-refractivity contribution in [3.63, 3.8) is 0 Å². The molecule has 0 aliphatic heterocycles. The smallest absolute Gasteiger partial charge is 0.196 e. The van der Waals surface area contributed by atoms with E-state index < -0.39 is 5.82 Å². The lowest BCUT2D eigenvalue weighted by molar-refractivity contribution is 0.101. The molecule has 0 saturated carbocycles. The van der Waals surface area contributed by atoms with E-state index in [4.69, 9.17) is 0 Å². The van der Waals surface area contributed by atoms with Crippen LogP contribution in [0.5, 0.6) is 0 Å². The number of nitrogens with zero attached hydrogens (tertiary/aromatic N) is 3. The third-order valence-corrected chi connectivity index (χ3v) is 6.09. The van der Waals surface area contributed by atoms with Gasteiger partial charge in [-0.25, -0.2) is 4.39 Å². The minimum atomic E-state index is -0.404. The van der Waals surface area contributed by atoms with Gasteiger partial charge in [0, 0.05) is 16.9 Å². The van der Waals surface area contributed by atoms with Gasteiger partial charge in [0.05, 0.1) is 17.0 Å². The minimum absolute atomic E-state index is 0.0821. The van der Waals surface area contributed by atoms with Gasteiger partial charge >= 0.3 is 0 Å². The Balaban J connectivity index is 1.68. The van der Waals surface area contributed by atoms with Gasteiger partial charge in [0.1, 0.15) is 5.82 Å². The van der Waals surface area contributed by atoms with E-state index in [2.05, 4.69) is 15.2 Å². The Labute approximate surface area is 188 Å². The summed E-state index contributed by atoms with van der Waals surface area (Å²) in [5.74, 6) is -0.200. The molecule has 0 unspecified atom stereocenters. The molecule has 0 atom stereocenters. The fraction of sp³-hybridized carbons (Fsp3) is 0.167. The topological polar surface area (TPSA) is 80.6 Å². The van der Waals surface area contributed by atoms with E-state index in [0.29, 0.717) is 39.1 Å². The summed E-state index contributed by atoms with van der Waals surface area (Å²) >= 11 is 1.21. The molecule has 0 spiro atoms. The highest BCUT2D eigenvalue weighted by molar-refractivity contribution is 7.99. The van der Waals surface area contributed by atoms with E-state index in [0.717, 1.165) is 5.69 Å². The zero-order valence-electron chi connectivity index (χ0n) is 17.8. The summed E-state index contributed by atoms with van der Waals surface area (Å²) < 4.78 is 16.2. The van der Waals surface area contributed by atoms with Gasteiger partial charge in [0.15, 0.2) is 22.5 Å². The van der Waals surface area contributed by atoms with Gasteiger partial charge in [-0.1, -0.05) is 42.1 Å². The largest absolute Gasteiger partial charge is 0.355 e. The number of benzene rings is 2. The van der Waals surface area contributed by atoms with Gasteiger partial charge in [-0.2, -0.15) is 0 Å². The number of ketones is 2. The highest BCUT2D eigenvalue weighted by atomic mass is 32.2. The van der Waals surface area contributed by atoms with Crippen LogP contribution in [0.1, 0.15) is 39.0 Å². The molecule has 0 radical (unpaired) electrons. The molecule has 1 N–H and O–H groups in total. The number of nitrogens with one attached hydrogen (secondary N) is 1. The van der Waals surface area contributed by atoms with E-state index in [1.165, 1.54) is 24.8 Å². The molecule has 2 aromatic heterocycles. The Morgan fingerprint density at radius 2 is 1.72 bits per heavy atom. The number of carbonyl (C=O) groups is 2. The summed E-state index contributed by atoms with van der Waals surface area (Å²) in [5.41, 5.74) is 3.38. The van der Waals surface area contributed by atoms with Crippen molar-refractivity contribution in [2.75, 3.05) is 5.75 Å². The molecule has 0 bridgehead atoms. The van der Waals surface area contributed by atoms with Crippen LogP contribution in [0.4, 0.5) is 4.39 Å². The Morgan fingerprint density at radius 1 is 1.03 bits per heavy atom. The van der Waals surface area contributed by atoms with Crippen molar-refractivity contribution >= 4 is 23.3 Å². The number of hydrogen-bond acceptors (Lipinski definition) is 5. The SMILES string of the molecule is CC(=O)c1c(C)[nH]c(C(=O)CSc2nnc(-c3ccccc3F)n2-c2ccccc2)c1C. The lowest BCUT2D eigenvalue weighted by Crippen LogP contribution is -2.07. The van der Waals surface area contributed by atoms with E-state index in [-0.39, 0.29) is 17.3 Å². The van der Waals surface area contributed by atoms with Gasteiger partial charge in [-0.15, -0.1) is 10.2 Å². The van der Waals surface area contributed by atoms with Crippen molar-refractivity contribution in [1.29, 1.82) is 0 Å². The first-order valence-corrected chi connectivity index (χ1v) is 11.0. The first-order valence-electron chi connectivity index (χ1n) is 10.00. The van der Waals surface area contributed by atoms with Crippen molar-refractivity contribution in [3.05, 3.63) is 82.9 Å². The fourth-order valence-corrected chi connectivity index (χ4v) is 4.57. The molecule has 0 fully saturated rings.